The number of ether oxygens (including phenoxy) is 1. The van der Waals surface area contributed by atoms with Gasteiger partial charge in [0.25, 0.3) is 0 Å². The summed E-state index contributed by atoms with van der Waals surface area (Å²) in [4.78, 5) is 11.9. The van der Waals surface area contributed by atoms with Crippen molar-refractivity contribution in [1.29, 1.82) is 0 Å². The Kier molecular flexibility index (Phi) is 8.47. The Hall–Kier alpha value is -1.55. The van der Waals surface area contributed by atoms with Crippen LogP contribution in [0, 0.1) is 0 Å². The molecule has 112 valence electrons. The summed E-state index contributed by atoms with van der Waals surface area (Å²) in [6.07, 6.45) is 5.59. The van der Waals surface area contributed by atoms with Crippen molar-refractivity contribution in [3.05, 3.63) is 24.3 Å². The molecular formula is C16H26N2O2. The molecule has 0 spiro atoms. The molecule has 0 aliphatic rings. The molecule has 0 saturated carbocycles. The Balaban J connectivity index is 2.37. The van der Waals surface area contributed by atoms with Gasteiger partial charge in [0.1, 0.15) is 5.75 Å². The van der Waals surface area contributed by atoms with Crippen molar-refractivity contribution in [3.63, 3.8) is 0 Å². The van der Waals surface area contributed by atoms with Crippen LogP contribution in [0.15, 0.2) is 24.3 Å². The van der Waals surface area contributed by atoms with E-state index in [-0.39, 0.29) is 5.91 Å². The van der Waals surface area contributed by atoms with Crippen molar-refractivity contribution < 1.29 is 9.53 Å². The molecule has 4 nitrogen and oxygen atoms in total. The van der Waals surface area contributed by atoms with Gasteiger partial charge in [-0.15, -0.1) is 0 Å². The number of para-hydroxylation sites is 2. The number of hydrogen-bond acceptors (Lipinski definition) is 3. The lowest BCUT2D eigenvalue weighted by Crippen LogP contribution is -2.12. The second kappa shape index (κ2) is 10.3. The van der Waals surface area contributed by atoms with Gasteiger partial charge in [-0.25, -0.2) is 0 Å². The quantitative estimate of drug-likeness (QED) is 0.645. The lowest BCUT2D eigenvalue weighted by Gasteiger charge is -2.11. The van der Waals surface area contributed by atoms with Gasteiger partial charge in [0.2, 0.25) is 5.91 Å². The van der Waals surface area contributed by atoms with E-state index in [1.807, 2.05) is 24.3 Å². The highest BCUT2D eigenvalue weighted by atomic mass is 16.5. The summed E-state index contributed by atoms with van der Waals surface area (Å²) in [5, 5.41) is 2.92. The second-order valence-corrected chi connectivity index (χ2v) is 4.85. The summed E-state index contributed by atoms with van der Waals surface area (Å²) < 4.78 is 5.62. The van der Waals surface area contributed by atoms with Crippen LogP contribution in [0.4, 0.5) is 5.69 Å². The fourth-order valence-electron chi connectivity index (χ4n) is 1.90. The predicted molar refractivity (Wildman–Crippen MR) is 83.0 cm³/mol. The minimum absolute atomic E-state index is 0.0466. The van der Waals surface area contributed by atoms with Crippen LogP contribution >= 0.6 is 0 Å². The standard InChI is InChI=1S/C16H26N2O2/c1-2-13-20-15-10-7-6-9-14(15)18-16(19)11-5-3-4-8-12-17/h6-7,9-10H,2-5,8,11-13,17H2,1H3,(H,18,19). The highest BCUT2D eigenvalue weighted by Gasteiger charge is 2.07. The molecule has 4 heteroatoms. The summed E-state index contributed by atoms with van der Waals surface area (Å²) in [6, 6.07) is 7.56. The number of rotatable bonds is 10. The van der Waals surface area contributed by atoms with E-state index < -0.39 is 0 Å². The van der Waals surface area contributed by atoms with Gasteiger partial charge in [0.15, 0.2) is 0 Å². The van der Waals surface area contributed by atoms with Crippen LogP contribution in [0.25, 0.3) is 0 Å². The number of carbonyl (C=O) groups excluding carboxylic acids is 1. The summed E-state index contributed by atoms with van der Waals surface area (Å²) in [7, 11) is 0. The normalized spacial score (nSPS) is 10.3. The highest BCUT2D eigenvalue weighted by Crippen LogP contribution is 2.24. The molecule has 0 bridgehead atoms. The summed E-state index contributed by atoms with van der Waals surface area (Å²) >= 11 is 0. The van der Waals surface area contributed by atoms with Crippen LogP contribution in [-0.4, -0.2) is 19.1 Å². The minimum Gasteiger partial charge on any atom is -0.491 e. The third-order valence-corrected chi connectivity index (χ3v) is 2.98. The van der Waals surface area contributed by atoms with E-state index in [9.17, 15) is 4.79 Å². The van der Waals surface area contributed by atoms with Crippen molar-refractivity contribution in [2.24, 2.45) is 5.73 Å². The second-order valence-electron chi connectivity index (χ2n) is 4.85. The first-order chi connectivity index (χ1) is 9.77. The summed E-state index contributed by atoms with van der Waals surface area (Å²) in [6.45, 7) is 3.45. The third-order valence-electron chi connectivity index (χ3n) is 2.98. The summed E-state index contributed by atoms with van der Waals surface area (Å²) in [5.74, 6) is 0.788. The molecule has 0 radical (unpaired) electrons. The van der Waals surface area contributed by atoms with Crippen molar-refractivity contribution in [2.45, 2.75) is 45.4 Å². The van der Waals surface area contributed by atoms with Crippen molar-refractivity contribution >= 4 is 11.6 Å². The molecule has 0 unspecified atom stereocenters. The van der Waals surface area contributed by atoms with Gasteiger partial charge < -0.3 is 15.8 Å². The zero-order valence-corrected chi connectivity index (χ0v) is 12.4. The summed E-state index contributed by atoms with van der Waals surface area (Å²) in [5.41, 5.74) is 6.19. The Bertz CT molecular complexity index is 394. The Labute approximate surface area is 121 Å². The van der Waals surface area contributed by atoms with Crippen molar-refractivity contribution in [2.75, 3.05) is 18.5 Å². The number of benzene rings is 1. The van der Waals surface area contributed by atoms with Gasteiger partial charge in [-0.3, -0.25) is 4.79 Å². The van der Waals surface area contributed by atoms with Gasteiger partial charge in [0.05, 0.1) is 12.3 Å². The van der Waals surface area contributed by atoms with Crippen LogP contribution in [0.5, 0.6) is 5.75 Å². The lowest BCUT2D eigenvalue weighted by molar-refractivity contribution is -0.116. The SMILES string of the molecule is CCCOc1ccccc1NC(=O)CCCCCCN. The number of nitrogens with one attached hydrogen (secondary N) is 1. The fraction of sp³-hybridized carbons (Fsp3) is 0.562. The number of unbranched alkanes of at least 4 members (excludes halogenated alkanes) is 3. The van der Waals surface area contributed by atoms with Crippen LogP contribution < -0.4 is 15.8 Å². The maximum atomic E-state index is 11.9. The minimum atomic E-state index is 0.0466. The van der Waals surface area contributed by atoms with Crippen LogP contribution in [0.2, 0.25) is 0 Å². The van der Waals surface area contributed by atoms with E-state index in [2.05, 4.69) is 12.2 Å². The third kappa shape index (κ3) is 6.57. The van der Waals surface area contributed by atoms with Gasteiger partial charge in [0, 0.05) is 6.42 Å². The Morgan fingerprint density at radius 1 is 1.20 bits per heavy atom. The maximum Gasteiger partial charge on any atom is 0.224 e. The van der Waals surface area contributed by atoms with Crippen LogP contribution in [0.3, 0.4) is 0 Å². The molecule has 1 aromatic rings. The molecule has 0 fully saturated rings. The Morgan fingerprint density at radius 3 is 2.70 bits per heavy atom. The number of carbonyl (C=O) groups is 1. The Morgan fingerprint density at radius 2 is 1.95 bits per heavy atom. The fourth-order valence-corrected chi connectivity index (χ4v) is 1.90. The molecule has 20 heavy (non-hydrogen) atoms. The largest absolute Gasteiger partial charge is 0.491 e. The molecule has 0 aromatic heterocycles. The molecule has 3 N–H and O–H groups in total. The zero-order chi connectivity index (χ0) is 14.6. The highest BCUT2D eigenvalue weighted by molar-refractivity contribution is 5.92. The van der Waals surface area contributed by atoms with Crippen LogP contribution in [-0.2, 0) is 4.79 Å². The number of amides is 1. The zero-order valence-electron chi connectivity index (χ0n) is 12.4. The van der Waals surface area contributed by atoms with Gasteiger partial charge in [-0.05, 0) is 37.9 Å². The molecule has 1 aromatic carbocycles. The molecule has 1 rings (SSSR count). The average molecular weight is 278 g/mol. The maximum absolute atomic E-state index is 11.9. The van der Waals surface area contributed by atoms with E-state index in [1.165, 1.54) is 0 Å². The molecule has 0 aliphatic carbocycles. The molecule has 0 aliphatic heterocycles. The van der Waals surface area contributed by atoms with Crippen molar-refractivity contribution in [1.82, 2.24) is 0 Å². The molecule has 0 heterocycles. The van der Waals surface area contributed by atoms with Crippen molar-refractivity contribution in [3.8, 4) is 5.75 Å². The lowest BCUT2D eigenvalue weighted by atomic mass is 10.1. The van der Waals surface area contributed by atoms with Gasteiger partial charge >= 0.3 is 0 Å². The first-order valence-corrected chi connectivity index (χ1v) is 7.49. The van der Waals surface area contributed by atoms with E-state index in [1.54, 1.807) is 0 Å². The van der Waals surface area contributed by atoms with Gasteiger partial charge in [-0.1, -0.05) is 31.9 Å². The average Bonchev–Trinajstić information content (AvgIpc) is 2.46. The number of hydrogen-bond donors (Lipinski definition) is 2. The number of nitrogens with two attached hydrogens (primary N) is 1. The predicted octanol–water partition coefficient (Wildman–Crippen LogP) is 3.32. The molecule has 0 saturated heterocycles. The van der Waals surface area contributed by atoms with E-state index in [4.69, 9.17) is 10.5 Å². The van der Waals surface area contributed by atoms with E-state index in [0.717, 1.165) is 50.1 Å². The molecular weight excluding hydrogens is 252 g/mol. The van der Waals surface area contributed by atoms with E-state index >= 15 is 0 Å². The topological polar surface area (TPSA) is 64.3 Å². The molecule has 0 atom stereocenters. The monoisotopic (exact) mass is 278 g/mol. The smallest absolute Gasteiger partial charge is 0.224 e. The van der Waals surface area contributed by atoms with E-state index in [0.29, 0.717) is 13.0 Å². The number of anilines is 1. The molecule has 1 amide bonds. The first-order valence-electron chi connectivity index (χ1n) is 7.49. The first kappa shape index (κ1) is 16.5. The van der Waals surface area contributed by atoms with Gasteiger partial charge in [-0.2, -0.15) is 0 Å². The van der Waals surface area contributed by atoms with Crippen LogP contribution in [0.1, 0.15) is 45.4 Å².